The Kier molecular flexibility index (Phi) is 8.15. The lowest BCUT2D eigenvalue weighted by Gasteiger charge is -2.12. The Morgan fingerprint density at radius 2 is 2.04 bits per heavy atom. The van der Waals surface area contributed by atoms with Crippen LogP contribution in [-0.4, -0.2) is 47.0 Å². The summed E-state index contributed by atoms with van der Waals surface area (Å²) in [5.74, 6) is 3.99. The zero-order valence-electron chi connectivity index (χ0n) is 16.9. The van der Waals surface area contributed by atoms with E-state index in [-0.39, 0.29) is 0 Å². The van der Waals surface area contributed by atoms with Gasteiger partial charge in [-0.3, -0.25) is 4.99 Å². The first-order valence-electron chi connectivity index (χ1n) is 10.5. The lowest BCUT2D eigenvalue weighted by molar-refractivity contribution is 0.322. The molecule has 0 saturated carbocycles. The van der Waals surface area contributed by atoms with Crippen LogP contribution >= 0.6 is 0 Å². The van der Waals surface area contributed by atoms with E-state index >= 15 is 0 Å². The van der Waals surface area contributed by atoms with E-state index in [2.05, 4.69) is 37.3 Å². The first-order chi connectivity index (χ1) is 13.9. The summed E-state index contributed by atoms with van der Waals surface area (Å²) in [7, 11) is 0. The summed E-state index contributed by atoms with van der Waals surface area (Å²) >= 11 is 0. The predicted octanol–water partition coefficient (Wildman–Crippen LogP) is 2.57. The molecule has 0 unspecified atom stereocenters. The predicted molar refractivity (Wildman–Crippen MR) is 112 cm³/mol. The van der Waals surface area contributed by atoms with Gasteiger partial charge in [-0.2, -0.15) is 0 Å². The molecule has 1 aromatic heterocycles. The van der Waals surface area contributed by atoms with Crippen molar-refractivity contribution in [2.45, 2.75) is 52.0 Å². The zero-order valence-corrected chi connectivity index (χ0v) is 16.9. The van der Waals surface area contributed by atoms with Gasteiger partial charge in [-0.25, -0.2) is 0 Å². The molecule has 1 aromatic carbocycles. The fourth-order valence-electron chi connectivity index (χ4n) is 3.36. The van der Waals surface area contributed by atoms with Crippen LogP contribution in [0.25, 0.3) is 0 Å². The zero-order chi connectivity index (χ0) is 19.4. The summed E-state index contributed by atoms with van der Waals surface area (Å²) in [5, 5.41) is 15.4. The number of benzene rings is 1. The molecule has 0 amide bonds. The van der Waals surface area contributed by atoms with Crippen molar-refractivity contribution in [3.8, 4) is 5.75 Å². The number of ether oxygens (including phenoxy) is 1. The number of aliphatic imine (C=N–C) groups is 1. The Bertz CT molecular complexity index is 728. The number of hydrogen-bond acceptors (Lipinski definition) is 4. The third-order valence-corrected chi connectivity index (χ3v) is 4.77. The molecule has 0 fully saturated rings. The van der Waals surface area contributed by atoms with Crippen molar-refractivity contribution in [1.82, 2.24) is 25.4 Å². The molecule has 152 valence electrons. The van der Waals surface area contributed by atoms with Crippen molar-refractivity contribution < 1.29 is 4.74 Å². The van der Waals surface area contributed by atoms with Crippen LogP contribution in [-0.2, 0) is 19.4 Å². The molecule has 1 aliphatic heterocycles. The smallest absolute Gasteiger partial charge is 0.191 e. The molecule has 0 saturated heterocycles. The van der Waals surface area contributed by atoms with Gasteiger partial charge in [0.2, 0.25) is 0 Å². The molecule has 28 heavy (non-hydrogen) atoms. The summed E-state index contributed by atoms with van der Waals surface area (Å²) < 4.78 is 8.03. The van der Waals surface area contributed by atoms with E-state index in [4.69, 9.17) is 4.74 Å². The number of guanidine groups is 1. The Hall–Kier alpha value is -2.57. The second kappa shape index (κ2) is 11.3. The molecular weight excluding hydrogens is 352 g/mol. The van der Waals surface area contributed by atoms with Crippen molar-refractivity contribution in [2.75, 3.05) is 26.2 Å². The molecule has 7 heteroatoms. The molecule has 7 nitrogen and oxygen atoms in total. The molecular formula is C21H32N6O. The third-order valence-electron chi connectivity index (χ3n) is 4.77. The fraction of sp³-hybridized carbons (Fsp3) is 0.571. The van der Waals surface area contributed by atoms with Crippen LogP contribution in [0.15, 0.2) is 35.3 Å². The highest BCUT2D eigenvalue weighted by molar-refractivity contribution is 5.79. The minimum atomic E-state index is 0.598. The SMILES string of the molecule is CCNC(=NCCCc1nnc2n1CCCCC2)NCCOc1ccccc1. The Morgan fingerprint density at radius 3 is 2.89 bits per heavy atom. The number of fused-ring (bicyclic) bond motifs is 1. The van der Waals surface area contributed by atoms with Crippen LogP contribution in [0.3, 0.4) is 0 Å². The quantitative estimate of drug-likeness (QED) is 0.395. The lowest BCUT2D eigenvalue weighted by atomic mass is 10.2. The summed E-state index contributed by atoms with van der Waals surface area (Å²) in [6.07, 6.45) is 6.70. The average molecular weight is 385 g/mol. The maximum atomic E-state index is 5.71. The van der Waals surface area contributed by atoms with Gasteiger partial charge in [-0.05, 0) is 38.3 Å². The van der Waals surface area contributed by atoms with Gasteiger partial charge in [0.15, 0.2) is 5.96 Å². The van der Waals surface area contributed by atoms with Crippen LogP contribution in [0.5, 0.6) is 5.75 Å². The second-order valence-electron chi connectivity index (χ2n) is 6.95. The fourth-order valence-corrected chi connectivity index (χ4v) is 3.36. The van der Waals surface area contributed by atoms with Gasteiger partial charge in [0.25, 0.3) is 0 Å². The lowest BCUT2D eigenvalue weighted by Crippen LogP contribution is -2.39. The van der Waals surface area contributed by atoms with Crippen molar-refractivity contribution in [1.29, 1.82) is 0 Å². The molecule has 2 N–H and O–H groups in total. The van der Waals surface area contributed by atoms with Gasteiger partial charge >= 0.3 is 0 Å². The highest BCUT2D eigenvalue weighted by Gasteiger charge is 2.13. The summed E-state index contributed by atoms with van der Waals surface area (Å²) in [6.45, 7) is 6.04. The third kappa shape index (κ3) is 6.25. The second-order valence-corrected chi connectivity index (χ2v) is 6.95. The summed E-state index contributed by atoms with van der Waals surface area (Å²) in [6, 6.07) is 9.86. The first kappa shape index (κ1) is 20.2. The Balaban J connectivity index is 1.40. The minimum Gasteiger partial charge on any atom is -0.492 e. The van der Waals surface area contributed by atoms with Crippen LogP contribution in [0.2, 0.25) is 0 Å². The number of para-hydroxylation sites is 1. The van der Waals surface area contributed by atoms with Gasteiger partial charge in [-0.1, -0.05) is 24.6 Å². The van der Waals surface area contributed by atoms with E-state index in [1.807, 2.05) is 30.3 Å². The highest BCUT2D eigenvalue weighted by Crippen LogP contribution is 2.15. The number of nitrogens with zero attached hydrogens (tertiary/aromatic N) is 4. The monoisotopic (exact) mass is 384 g/mol. The minimum absolute atomic E-state index is 0.598. The Morgan fingerprint density at radius 1 is 1.14 bits per heavy atom. The van der Waals surface area contributed by atoms with Crippen molar-refractivity contribution in [2.24, 2.45) is 4.99 Å². The topological polar surface area (TPSA) is 76.4 Å². The molecule has 0 radical (unpaired) electrons. The molecule has 0 aliphatic carbocycles. The van der Waals surface area contributed by atoms with Gasteiger partial charge in [0, 0.05) is 32.5 Å². The standard InChI is InChI=1S/C21H32N6O/c1-2-22-21(24-15-17-28-18-10-5-3-6-11-18)23-14-9-13-20-26-25-19-12-7-4-8-16-27(19)20/h3,5-6,10-11H,2,4,7-9,12-17H2,1H3,(H2,22,23,24). The number of rotatable bonds is 9. The highest BCUT2D eigenvalue weighted by atomic mass is 16.5. The molecule has 0 spiro atoms. The van der Waals surface area contributed by atoms with Crippen LogP contribution in [0.4, 0.5) is 0 Å². The van der Waals surface area contributed by atoms with Crippen LogP contribution in [0, 0.1) is 0 Å². The molecule has 0 bridgehead atoms. The van der Waals surface area contributed by atoms with Gasteiger partial charge < -0.3 is 19.9 Å². The van der Waals surface area contributed by atoms with Gasteiger partial charge in [0.1, 0.15) is 24.0 Å². The van der Waals surface area contributed by atoms with Crippen LogP contribution < -0.4 is 15.4 Å². The maximum absolute atomic E-state index is 5.71. The number of aromatic nitrogens is 3. The Labute approximate surface area is 167 Å². The van der Waals surface area contributed by atoms with Gasteiger partial charge in [0.05, 0.1) is 6.54 Å². The van der Waals surface area contributed by atoms with Crippen LogP contribution in [0.1, 0.15) is 44.3 Å². The molecule has 2 heterocycles. The van der Waals surface area contributed by atoms with Crippen molar-refractivity contribution >= 4 is 5.96 Å². The van der Waals surface area contributed by atoms with E-state index < -0.39 is 0 Å². The van der Waals surface area contributed by atoms with E-state index in [1.54, 1.807) is 0 Å². The van der Waals surface area contributed by atoms with Crippen molar-refractivity contribution in [3.63, 3.8) is 0 Å². The molecule has 2 aromatic rings. The number of aryl methyl sites for hydroxylation is 2. The van der Waals surface area contributed by atoms with Gasteiger partial charge in [-0.15, -0.1) is 10.2 Å². The maximum Gasteiger partial charge on any atom is 0.191 e. The summed E-state index contributed by atoms with van der Waals surface area (Å²) in [5.41, 5.74) is 0. The van der Waals surface area contributed by atoms with E-state index in [9.17, 15) is 0 Å². The normalized spacial score (nSPS) is 14.2. The first-order valence-corrected chi connectivity index (χ1v) is 10.5. The van der Waals surface area contributed by atoms with Crippen molar-refractivity contribution in [3.05, 3.63) is 42.0 Å². The van der Waals surface area contributed by atoms with E-state index in [0.29, 0.717) is 13.2 Å². The molecule has 0 atom stereocenters. The average Bonchev–Trinajstić information content (AvgIpc) is 2.95. The molecule has 3 rings (SSSR count). The largest absolute Gasteiger partial charge is 0.492 e. The summed E-state index contributed by atoms with van der Waals surface area (Å²) in [4.78, 5) is 4.67. The number of hydrogen-bond donors (Lipinski definition) is 2. The number of nitrogens with one attached hydrogen (secondary N) is 2. The van der Waals surface area contributed by atoms with E-state index in [0.717, 1.165) is 62.3 Å². The molecule has 1 aliphatic rings. The van der Waals surface area contributed by atoms with E-state index in [1.165, 1.54) is 19.3 Å².